The number of nitrogens with one attached hydrogen (secondary N) is 1. The van der Waals surface area contributed by atoms with Crippen molar-refractivity contribution in [1.82, 2.24) is 10.2 Å². The van der Waals surface area contributed by atoms with E-state index in [1.165, 1.54) is 9.80 Å². The summed E-state index contributed by atoms with van der Waals surface area (Å²) in [5.74, 6) is -0.895. The number of rotatable bonds is 12. The molecular formula is C27H33ClN4O6S. The van der Waals surface area contributed by atoms with Crippen molar-refractivity contribution in [3.8, 4) is 0 Å². The highest BCUT2D eigenvalue weighted by Gasteiger charge is 2.36. The molecule has 0 radical (unpaired) electrons. The predicted molar refractivity (Wildman–Crippen MR) is 150 cm³/mol. The van der Waals surface area contributed by atoms with Crippen LogP contribution in [-0.2, 0) is 19.1 Å². The molecule has 0 saturated carbocycles. The molecule has 39 heavy (non-hydrogen) atoms. The van der Waals surface area contributed by atoms with Gasteiger partial charge in [0.05, 0.1) is 28.9 Å². The molecule has 0 unspecified atom stereocenters. The van der Waals surface area contributed by atoms with Crippen LogP contribution >= 0.6 is 22.9 Å². The highest BCUT2D eigenvalue weighted by atomic mass is 35.5. The third-order valence-corrected chi connectivity index (χ3v) is 7.72. The summed E-state index contributed by atoms with van der Waals surface area (Å²) in [7, 11) is 0. The Kier molecular flexibility index (Phi) is 10.3. The van der Waals surface area contributed by atoms with Crippen molar-refractivity contribution >= 4 is 58.1 Å². The zero-order chi connectivity index (χ0) is 27.8. The van der Waals surface area contributed by atoms with Crippen LogP contribution in [0.15, 0.2) is 36.4 Å². The van der Waals surface area contributed by atoms with Crippen molar-refractivity contribution in [3.63, 3.8) is 0 Å². The standard InChI is InChI=1S/C27H33ClN4O6S/c1-2-3-12-29-13-4-5-24(33)32(26(35)22-10-11-23(28)39-22)17-21-16-31(27(36)38-21)20-8-6-19(7-9-20)30-14-15-37-18-25(30)34/h6-11,21,29H,2-5,12-18H2,1H3/t21-/m1/s1. The minimum Gasteiger partial charge on any atom is -0.442 e. The maximum atomic E-state index is 13.3. The smallest absolute Gasteiger partial charge is 0.414 e. The molecule has 1 atom stereocenters. The molecule has 0 aliphatic carbocycles. The fourth-order valence-corrected chi connectivity index (χ4v) is 5.41. The Morgan fingerprint density at radius 3 is 2.46 bits per heavy atom. The van der Waals surface area contributed by atoms with Crippen LogP contribution in [0.5, 0.6) is 0 Å². The first kappa shape index (κ1) is 29.0. The van der Waals surface area contributed by atoms with Crippen molar-refractivity contribution in [3.05, 3.63) is 45.6 Å². The number of carbonyl (C=O) groups excluding carboxylic acids is 4. The molecule has 12 heteroatoms. The molecular weight excluding hydrogens is 544 g/mol. The highest BCUT2D eigenvalue weighted by molar-refractivity contribution is 7.18. The quantitative estimate of drug-likeness (QED) is 0.381. The maximum absolute atomic E-state index is 13.3. The Hall–Kier alpha value is -2.99. The second kappa shape index (κ2) is 13.9. The van der Waals surface area contributed by atoms with Gasteiger partial charge >= 0.3 is 6.09 Å². The summed E-state index contributed by atoms with van der Waals surface area (Å²) in [4.78, 5) is 55.9. The summed E-state index contributed by atoms with van der Waals surface area (Å²) in [6, 6.07) is 10.2. The third kappa shape index (κ3) is 7.57. The van der Waals surface area contributed by atoms with Gasteiger partial charge in [-0.15, -0.1) is 11.3 Å². The van der Waals surface area contributed by atoms with Gasteiger partial charge < -0.3 is 19.7 Å². The summed E-state index contributed by atoms with van der Waals surface area (Å²) in [5, 5.41) is 3.30. The number of carbonyl (C=O) groups is 4. The van der Waals surface area contributed by atoms with Gasteiger partial charge in [0.25, 0.3) is 11.8 Å². The number of nitrogens with zero attached hydrogens (tertiary/aromatic N) is 3. The van der Waals surface area contributed by atoms with Crippen LogP contribution in [0.25, 0.3) is 0 Å². The molecule has 2 aliphatic rings. The van der Waals surface area contributed by atoms with Crippen molar-refractivity contribution in [1.29, 1.82) is 0 Å². The zero-order valence-corrected chi connectivity index (χ0v) is 23.5. The van der Waals surface area contributed by atoms with E-state index < -0.39 is 18.1 Å². The fraction of sp³-hybridized carbons (Fsp3) is 0.481. The van der Waals surface area contributed by atoms with Crippen molar-refractivity contribution in [2.45, 2.75) is 38.7 Å². The van der Waals surface area contributed by atoms with Gasteiger partial charge in [-0.2, -0.15) is 0 Å². The van der Waals surface area contributed by atoms with Crippen molar-refractivity contribution in [2.24, 2.45) is 0 Å². The number of benzene rings is 1. The van der Waals surface area contributed by atoms with Gasteiger partial charge in [0.2, 0.25) is 5.91 Å². The molecule has 0 bridgehead atoms. The number of morpholine rings is 1. The van der Waals surface area contributed by atoms with E-state index in [4.69, 9.17) is 21.1 Å². The van der Waals surface area contributed by atoms with Crippen LogP contribution in [0.2, 0.25) is 4.34 Å². The predicted octanol–water partition coefficient (Wildman–Crippen LogP) is 3.93. The van der Waals surface area contributed by atoms with E-state index in [9.17, 15) is 19.2 Å². The number of cyclic esters (lactones) is 1. The maximum Gasteiger partial charge on any atom is 0.414 e. The van der Waals surface area contributed by atoms with E-state index in [1.54, 1.807) is 41.3 Å². The van der Waals surface area contributed by atoms with Gasteiger partial charge in [0.15, 0.2) is 0 Å². The summed E-state index contributed by atoms with van der Waals surface area (Å²) < 4.78 is 11.2. The van der Waals surface area contributed by atoms with E-state index in [1.807, 2.05) is 0 Å². The lowest BCUT2D eigenvalue weighted by atomic mass is 10.2. The van der Waals surface area contributed by atoms with Gasteiger partial charge in [0, 0.05) is 24.3 Å². The molecule has 2 aliphatic heterocycles. The van der Waals surface area contributed by atoms with Gasteiger partial charge in [-0.3, -0.25) is 24.2 Å². The molecule has 1 aromatic carbocycles. The number of hydrogen-bond donors (Lipinski definition) is 1. The molecule has 10 nitrogen and oxygen atoms in total. The average Bonchev–Trinajstić information content (AvgIpc) is 3.54. The number of thiophene rings is 1. The van der Waals surface area contributed by atoms with E-state index >= 15 is 0 Å². The number of amides is 4. The van der Waals surface area contributed by atoms with E-state index in [2.05, 4.69) is 12.2 Å². The van der Waals surface area contributed by atoms with Crippen LogP contribution in [0.3, 0.4) is 0 Å². The van der Waals surface area contributed by atoms with E-state index in [0.717, 1.165) is 36.4 Å². The van der Waals surface area contributed by atoms with Gasteiger partial charge in [-0.05, 0) is 62.3 Å². The summed E-state index contributed by atoms with van der Waals surface area (Å²) in [6.45, 7) is 4.78. The molecule has 1 aromatic heterocycles. The fourth-order valence-electron chi connectivity index (χ4n) is 4.42. The second-order valence-electron chi connectivity index (χ2n) is 9.35. The normalized spacial score (nSPS) is 17.4. The van der Waals surface area contributed by atoms with Gasteiger partial charge in [-0.1, -0.05) is 24.9 Å². The molecule has 210 valence electrons. The van der Waals surface area contributed by atoms with Crippen LogP contribution in [-0.4, -0.2) is 80.8 Å². The second-order valence-corrected chi connectivity index (χ2v) is 11.1. The van der Waals surface area contributed by atoms with E-state index in [-0.39, 0.29) is 37.9 Å². The number of imide groups is 1. The number of ether oxygens (including phenoxy) is 2. The molecule has 4 rings (SSSR count). The number of hydrogen-bond acceptors (Lipinski definition) is 8. The molecule has 0 spiro atoms. The molecule has 2 saturated heterocycles. The van der Waals surface area contributed by atoms with Gasteiger partial charge in [-0.25, -0.2) is 4.79 Å². The Balaban J connectivity index is 1.40. The zero-order valence-electron chi connectivity index (χ0n) is 21.9. The average molecular weight is 577 g/mol. The van der Waals surface area contributed by atoms with Gasteiger partial charge in [0.1, 0.15) is 12.7 Å². The first-order valence-electron chi connectivity index (χ1n) is 13.1. The summed E-state index contributed by atoms with van der Waals surface area (Å²) in [6.07, 6.45) is 1.68. The lowest BCUT2D eigenvalue weighted by molar-refractivity contribution is -0.129. The van der Waals surface area contributed by atoms with Crippen LogP contribution < -0.4 is 15.1 Å². The summed E-state index contributed by atoms with van der Waals surface area (Å²) >= 11 is 7.13. The SMILES string of the molecule is CCCCNCCCC(=O)N(C[C@H]1CN(c2ccc(N3CCOCC3=O)cc2)C(=O)O1)C(=O)c1ccc(Cl)s1. The Morgan fingerprint density at radius 1 is 1.08 bits per heavy atom. The molecule has 4 amide bonds. The lowest BCUT2D eigenvalue weighted by Gasteiger charge is -2.27. The molecule has 2 fully saturated rings. The number of halogens is 1. The van der Waals surface area contributed by atoms with Crippen molar-refractivity contribution < 1.29 is 28.7 Å². The topological polar surface area (TPSA) is 108 Å². The number of anilines is 2. The van der Waals surface area contributed by atoms with Crippen LogP contribution in [0, 0.1) is 0 Å². The summed E-state index contributed by atoms with van der Waals surface area (Å²) in [5.41, 5.74) is 1.32. The molecule has 2 aromatic rings. The highest BCUT2D eigenvalue weighted by Crippen LogP contribution is 2.27. The first-order chi connectivity index (χ1) is 18.9. The Morgan fingerprint density at radius 2 is 1.79 bits per heavy atom. The Bertz CT molecular complexity index is 1170. The van der Waals surface area contributed by atoms with Crippen molar-refractivity contribution in [2.75, 3.05) is 55.7 Å². The Labute approximate surface area is 236 Å². The monoisotopic (exact) mass is 576 g/mol. The molecule has 3 heterocycles. The minimum atomic E-state index is -0.691. The first-order valence-corrected chi connectivity index (χ1v) is 14.3. The molecule has 1 N–H and O–H groups in total. The third-order valence-electron chi connectivity index (χ3n) is 6.50. The minimum absolute atomic E-state index is 0.0445. The van der Waals surface area contributed by atoms with Crippen LogP contribution in [0.4, 0.5) is 16.2 Å². The lowest BCUT2D eigenvalue weighted by Crippen LogP contribution is -2.43. The van der Waals surface area contributed by atoms with Crippen LogP contribution in [0.1, 0.15) is 42.3 Å². The van der Waals surface area contributed by atoms with E-state index in [0.29, 0.717) is 41.0 Å². The largest absolute Gasteiger partial charge is 0.442 e. The number of unbranched alkanes of at least 4 members (excludes halogenated alkanes) is 1.